The quantitative estimate of drug-likeness (QED) is 0.192. The van der Waals surface area contributed by atoms with Gasteiger partial charge in [-0.15, -0.1) is 0 Å². The summed E-state index contributed by atoms with van der Waals surface area (Å²) in [5.41, 5.74) is 0.898. The molecule has 5 rings (SSSR count). The molecule has 1 fully saturated rings. The number of rotatable bonds is 8. The van der Waals surface area contributed by atoms with Crippen LogP contribution in [-0.4, -0.2) is 23.2 Å². The molecule has 4 aromatic rings. The van der Waals surface area contributed by atoms with E-state index in [0.717, 1.165) is 12.8 Å². The molecule has 2 heterocycles. The summed E-state index contributed by atoms with van der Waals surface area (Å²) in [5, 5.41) is 4.88. The smallest absolute Gasteiger partial charge is 0.434 e. The van der Waals surface area contributed by atoms with E-state index in [0.29, 0.717) is 38.2 Å². The largest absolute Gasteiger partial charge is 0.473 e. The van der Waals surface area contributed by atoms with Crippen molar-refractivity contribution in [1.82, 2.24) is 10.1 Å². The van der Waals surface area contributed by atoms with Crippen LogP contribution in [0.5, 0.6) is 5.88 Å². The summed E-state index contributed by atoms with van der Waals surface area (Å²) >= 11 is 12.8. The van der Waals surface area contributed by atoms with Crippen molar-refractivity contribution in [3.05, 3.63) is 98.4 Å². The Morgan fingerprint density at radius 1 is 1.07 bits per heavy atom. The molecule has 0 N–H and O–H groups in total. The number of nitrogens with zero attached hydrogens (tertiary/aromatic N) is 2. The van der Waals surface area contributed by atoms with Crippen LogP contribution >= 0.6 is 23.2 Å². The number of benzene rings is 2. The number of halogens is 5. The molecule has 6 nitrogen and oxygen atoms in total. The maximum atomic E-state index is 14.0. The minimum absolute atomic E-state index is 0.144. The van der Waals surface area contributed by atoms with E-state index in [1.54, 1.807) is 36.4 Å². The van der Waals surface area contributed by atoms with Crippen LogP contribution in [0.2, 0.25) is 10.0 Å². The van der Waals surface area contributed by atoms with Crippen LogP contribution in [0.15, 0.2) is 59.1 Å². The average molecular weight is 589 g/mol. The van der Waals surface area contributed by atoms with Gasteiger partial charge in [-0.2, -0.15) is 13.2 Å². The zero-order valence-electron chi connectivity index (χ0n) is 21.0. The standard InChI is InChI=1S/C29H21Cl2F3N2O4/c1-38-28(37)19-5-2-4-16(14-19)8-9-18-12-13-23(35-27(18)29(32,33)34)39-15-20-25(36-40-26(20)17-10-11-17)24-21(30)6-3-7-22(24)31/h2-9,12-14,17H,10-11,15H2,1H3/b9-8+. The second kappa shape index (κ2) is 11.3. The average Bonchev–Trinajstić information content (AvgIpc) is 3.70. The number of pyridine rings is 1. The maximum Gasteiger partial charge on any atom is 0.434 e. The molecule has 1 saturated carbocycles. The molecule has 0 radical (unpaired) electrons. The van der Waals surface area contributed by atoms with Gasteiger partial charge in [0.05, 0.1) is 28.3 Å². The summed E-state index contributed by atoms with van der Waals surface area (Å²) in [7, 11) is 1.25. The second-order valence-electron chi connectivity index (χ2n) is 9.07. The molecule has 11 heteroatoms. The third kappa shape index (κ3) is 6.00. The van der Waals surface area contributed by atoms with E-state index in [9.17, 15) is 18.0 Å². The summed E-state index contributed by atoms with van der Waals surface area (Å²) in [6, 6.07) is 14.0. The van der Waals surface area contributed by atoms with Crippen LogP contribution in [0.4, 0.5) is 13.2 Å². The molecule has 2 aromatic heterocycles. The van der Waals surface area contributed by atoms with Crippen LogP contribution in [0, 0.1) is 0 Å². The number of alkyl halides is 3. The van der Waals surface area contributed by atoms with Crippen LogP contribution in [0.1, 0.15) is 57.3 Å². The van der Waals surface area contributed by atoms with E-state index in [-0.39, 0.29) is 29.5 Å². The Morgan fingerprint density at radius 3 is 2.48 bits per heavy atom. The first-order valence-electron chi connectivity index (χ1n) is 12.2. The Hall–Kier alpha value is -3.82. The molecule has 1 aliphatic rings. The number of hydrogen-bond donors (Lipinski definition) is 0. The molecule has 40 heavy (non-hydrogen) atoms. The summed E-state index contributed by atoms with van der Waals surface area (Å²) in [6.45, 7) is -0.147. The zero-order chi connectivity index (χ0) is 28.4. The molecule has 0 atom stereocenters. The minimum atomic E-state index is -4.75. The number of carbonyl (C=O) groups excluding carboxylic acids is 1. The molecule has 206 valence electrons. The lowest BCUT2D eigenvalue weighted by atomic mass is 10.0. The van der Waals surface area contributed by atoms with E-state index in [4.69, 9.17) is 37.2 Å². The predicted molar refractivity (Wildman–Crippen MR) is 144 cm³/mol. The molecule has 0 saturated heterocycles. The molecule has 2 aromatic carbocycles. The molecule has 0 spiro atoms. The Morgan fingerprint density at radius 2 is 1.80 bits per heavy atom. The summed E-state index contributed by atoms with van der Waals surface area (Å²) < 4.78 is 57.9. The lowest BCUT2D eigenvalue weighted by Gasteiger charge is -2.13. The van der Waals surface area contributed by atoms with Crippen molar-refractivity contribution in [1.29, 1.82) is 0 Å². The van der Waals surface area contributed by atoms with Gasteiger partial charge in [0.2, 0.25) is 5.88 Å². The van der Waals surface area contributed by atoms with Gasteiger partial charge in [-0.1, -0.05) is 58.7 Å². The SMILES string of the molecule is COC(=O)c1cccc(/C=C/c2ccc(OCc3c(-c4c(Cl)cccc4Cl)noc3C3CC3)nc2C(F)(F)F)c1. The van der Waals surface area contributed by atoms with Gasteiger partial charge in [-0.25, -0.2) is 9.78 Å². The summed E-state index contributed by atoms with van der Waals surface area (Å²) in [4.78, 5) is 15.5. The number of aromatic nitrogens is 2. The van der Waals surface area contributed by atoms with E-state index >= 15 is 0 Å². The predicted octanol–water partition coefficient (Wildman–Crippen LogP) is 8.48. The third-order valence-electron chi connectivity index (χ3n) is 6.26. The van der Waals surface area contributed by atoms with E-state index in [1.165, 1.54) is 37.5 Å². The highest BCUT2D eigenvalue weighted by Crippen LogP contribution is 2.46. The normalized spacial score (nSPS) is 13.6. The first-order chi connectivity index (χ1) is 19.2. The first kappa shape index (κ1) is 27.7. The lowest BCUT2D eigenvalue weighted by Crippen LogP contribution is -2.12. The fraction of sp³-hybridized carbons (Fsp3) is 0.207. The van der Waals surface area contributed by atoms with Crippen molar-refractivity contribution in [2.45, 2.75) is 31.5 Å². The van der Waals surface area contributed by atoms with Crippen LogP contribution in [-0.2, 0) is 17.5 Å². The number of carbonyl (C=O) groups is 1. The van der Waals surface area contributed by atoms with E-state index in [2.05, 4.69) is 10.1 Å². The third-order valence-corrected chi connectivity index (χ3v) is 6.89. The van der Waals surface area contributed by atoms with Gasteiger partial charge in [-0.3, -0.25) is 0 Å². The first-order valence-corrected chi connectivity index (χ1v) is 12.9. The van der Waals surface area contributed by atoms with Gasteiger partial charge in [0.15, 0.2) is 5.69 Å². The number of esters is 1. The Labute approximate surface area is 237 Å². The number of hydrogen-bond acceptors (Lipinski definition) is 6. The van der Waals surface area contributed by atoms with Crippen LogP contribution in [0.3, 0.4) is 0 Å². The Balaban J connectivity index is 1.43. The van der Waals surface area contributed by atoms with Gasteiger partial charge in [-0.05, 0) is 48.7 Å². The highest BCUT2D eigenvalue weighted by Gasteiger charge is 2.36. The Bertz CT molecular complexity index is 1580. The number of methoxy groups -OCH3 is 1. The van der Waals surface area contributed by atoms with Crippen molar-refractivity contribution >= 4 is 41.3 Å². The fourth-order valence-corrected chi connectivity index (χ4v) is 4.74. The highest BCUT2D eigenvalue weighted by atomic mass is 35.5. The molecular weight excluding hydrogens is 568 g/mol. The van der Waals surface area contributed by atoms with E-state index in [1.807, 2.05) is 0 Å². The molecule has 0 unspecified atom stereocenters. The van der Waals surface area contributed by atoms with Gasteiger partial charge in [0.1, 0.15) is 18.1 Å². The van der Waals surface area contributed by atoms with Crippen LogP contribution < -0.4 is 4.74 Å². The Kier molecular flexibility index (Phi) is 7.87. The van der Waals surface area contributed by atoms with Gasteiger partial charge in [0.25, 0.3) is 0 Å². The topological polar surface area (TPSA) is 74.5 Å². The van der Waals surface area contributed by atoms with Crippen molar-refractivity contribution in [2.75, 3.05) is 7.11 Å². The zero-order valence-corrected chi connectivity index (χ0v) is 22.5. The van der Waals surface area contributed by atoms with Gasteiger partial charge in [0, 0.05) is 23.1 Å². The van der Waals surface area contributed by atoms with E-state index < -0.39 is 17.8 Å². The molecule has 0 bridgehead atoms. The maximum absolute atomic E-state index is 14.0. The van der Waals surface area contributed by atoms with Crippen molar-refractivity contribution in [3.8, 4) is 17.1 Å². The molecular formula is C29H21Cl2F3N2O4. The molecule has 0 aliphatic heterocycles. The number of ether oxygens (including phenoxy) is 2. The second-order valence-corrected chi connectivity index (χ2v) is 9.88. The van der Waals surface area contributed by atoms with Crippen molar-refractivity contribution in [3.63, 3.8) is 0 Å². The highest BCUT2D eigenvalue weighted by molar-refractivity contribution is 6.39. The monoisotopic (exact) mass is 588 g/mol. The fourth-order valence-electron chi connectivity index (χ4n) is 4.16. The van der Waals surface area contributed by atoms with Gasteiger partial charge >= 0.3 is 12.1 Å². The molecule has 1 aliphatic carbocycles. The summed E-state index contributed by atoms with van der Waals surface area (Å²) in [6.07, 6.45) is -0.216. The van der Waals surface area contributed by atoms with Crippen LogP contribution in [0.25, 0.3) is 23.4 Å². The minimum Gasteiger partial charge on any atom is -0.473 e. The molecule has 0 amide bonds. The van der Waals surface area contributed by atoms with Crippen molar-refractivity contribution in [2.24, 2.45) is 0 Å². The summed E-state index contributed by atoms with van der Waals surface area (Å²) in [5.74, 6) is -0.0379. The van der Waals surface area contributed by atoms with Crippen molar-refractivity contribution < 1.29 is 32.0 Å². The van der Waals surface area contributed by atoms with Gasteiger partial charge < -0.3 is 14.0 Å². The lowest BCUT2D eigenvalue weighted by molar-refractivity contribution is -0.141.